The molecule has 6 nitrogen and oxygen atoms in total. The Morgan fingerprint density at radius 2 is 1.97 bits per heavy atom. The van der Waals surface area contributed by atoms with E-state index in [1.807, 2.05) is 12.1 Å². The van der Waals surface area contributed by atoms with Crippen molar-refractivity contribution < 1.29 is 13.2 Å². The highest BCUT2D eigenvalue weighted by Gasteiger charge is 2.43. The fourth-order valence-electron chi connectivity index (χ4n) is 6.79. The number of sulfone groups is 1. The summed E-state index contributed by atoms with van der Waals surface area (Å²) in [6.45, 7) is 9.06. The average Bonchev–Trinajstić information content (AvgIpc) is 3.47. The Labute approximate surface area is 203 Å². The predicted molar refractivity (Wildman–Crippen MR) is 133 cm³/mol. The summed E-state index contributed by atoms with van der Waals surface area (Å²) < 4.78 is 26.2. The molecule has 3 unspecified atom stereocenters. The van der Waals surface area contributed by atoms with E-state index in [2.05, 4.69) is 30.7 Å². The minimum atomic E-state index is -3.81. The highest BCUT2D eigenvalue weighted by Crippen LogP contribution is 2.53. The zero-order valence-electron chi connectivity index (χ0n) is 20.6. The van der Waals surface area contributed by atoms with E-state index in [0.29, 0.717) is 34.8 Å². The van der Waals surface area contributed by atoms with Crippen LogP contribution in [0, 0.1) is 24.7 Å². The molecule has 34 heavy (non-hydrogen) atoms. The summed E-state index contributed by atoms with van der Waals surface area (Å²) in [4.78, 5) is 25.1. The van der Waals surface area contributed by atoms with Gasteiger partial charge in [0.05, 0.1) is 16.2 Å². The van der Waals surface area contributed by atoms with Gasteiger partial charge < -0.3 is 4.90 Å². The molecule has 0 N–H and O–H groups in total. The molecule has 2 aliphatic carbocycles. The average molecular weight is 482 g/mol. The SMILES string of the molecule is Cc1ncccc1S(=O)(=O)CC(=O)c1ccc(C2CC3CCC2C3)nc1N1C[C@@H](C)CC1(C)C. The number of rotatable bonds is 6. The highest BCUT2D eigenvalue weighted by molar-refractivity contribution is 7.92. The topological polar surface area (TPSA) is 80.2 Å². The molecule has 7 heteroatoms. The van der Waals surface area contributed by atoms with Crippen molar-refractivity contribution in [3.63, 3.8) is 0 Å². The second-order valence-electron chi connectivity index (χ2n) is 11.4. The second-order valence-corrected chi connectivity index (χ2v) is 13.3. The molecule has 0 radical (unpaired) electrons. The van der Waals surface area contributed by atoms with Crippen LogP contribution < -0.4 is 4.90 Å². The maximum atomic E-state index is 13.5. The lowest BCUT2D eigenvalue weighted by molar-refractivity contribution is 0.102. The third-order valence-electron chi connectivity index (χ3n) is 8.26. The molecule has 2 saturated carbocycles. The number of carbonyl (C=O) groups excluding carboxylic acids is 1. The van der Waals surface area contributed by atoms with Crippen molar-refractivity contribution in [1.29, 1.82) is 0 Å². The van der Waals surface area contributed by atoms with Crippen molar-refractivity contribution in [2.45, 2.75) is 76.2 Å². The van der Waals surface area contributed by atoms with Crippen LogP contribution in [0.3, 0.4) is 0 Å². The first kappa shape index (κ1) is 23.5. The third-order valence-corrected chi connectivity index (χ3v) is 10.0. The Morgan fingerprint density at radius 1 is 1.18 bits per heavy atom. The molecule has 2 bridgehead atoms. The summed E-state index contributed by atoms with van der Waals surface area (Å²) in [5.41, 5.74) is 1.75. The molecule has 0 aromatic carbocycles. The molecule has 182 valence electrons. The number of hydrogen-bond acceptors (Lipinski definition) is 6. The number of ketones is 1. The summed E-state index contributed by atoms with van der Waals surface area (Å²) in [5.74, 6) is 2.10. The molecule has 1 saturated heterocycles. The first-order valence-corrected chi connectivity index (χ1v) is 14.2. The number of fused-ring (bicyclic) bond motifs is 2. The summed E-state index contributed by atoms with van der Waals surface area (Å²) in [5, 5.41) is 0. The lowest BCUT2D eigenvalue weighted by atomic mass is 9.86. The number of aromatic nitrogens is 2. The number of pyridine rings is 2. The number of carbonyl (C=O) groups is 1. The largest absolute Gasteiger partial charge is 0.351 e. The van der Waals surface area contributed by atoms with Gasteiger partial charge in [0.2, 0.25) is 0 Å². The van der Waals surface area contributed by atoms with Crippen molar-refractivity contribution in [3.8, 4) is 0 Å². The fraction of sp³-hybridized carbons (Fsp3) is 0.593. The molecule has 4 atom stereocenters. The van der Waals surface area contributed by atoms with Gasteiger partial charge in [-0.2, -0.15) is 0 Å². The van der Waals surface area contributed by atoms with Gasteiger partial charge in [-0.15, -0.1) is 0 Å². The number of nitrogens with zero attached hydrogens (tertiary/aromatic N) is 3. The van der Waals surface area contributed by atoms with Gasteiger partial charge in [0.25, 0.3) is 0 Å². The lowest BCUT2D eigenvalue weighted by Crippen LogP contribution is -2.40. The Morgan fingerprint density at radius 3 is 2.59 bits per heavy atom. The molecule has 3 aliphatic rings. The monoisotopic (exact) mass is 481 g/mol. The highest BCUT2D eigenvalue weighted by atomic mass is 32.2. The molecular weight excluding hydrogens is 446 g/mol. The first-order chi connectivity index (χ1) is 16.0. The van der Waals surface area contributed by atoms with Crippen molar-refractivity contribution in [2.75, 3.05) is 17.2 Å². The van der Waals surface area contributed by atoms with E-state index in [1.54, 1.807) is 19.2 Å². The Kier molecular flexibility index (Phi) is 5.82. The van der Waals surface area contributed by atoms with Gasteiger partial charge in [-0.25, -0.2) is 13.4 Å². The number of aryl methyl sites for hydroxylation is 1. The Bertz CT molecular complexity index is 1220. The molecule has 3 fully saturated rings. The van der Waals surface area contributed by atoms with Crippen LogP contribution in [0.2, 0.25) is 0 Å². The summed E-state index contributed by atoms with van der Waals surface area (Å²) in [6, 6.07) is 6.94. The van der Waals surface area contributed by atoms with Crippen LogP contribution in [0.4, 0.5) is 5.82 Å². The number of anilines is 1. The van der Waals surface area contributed by atoms with E-state index in [-0.39, 0.29) is 10.4 Å². The number of Topliss-reactive ketones (excluding diaryl/α,β-unsaturated/α-hetero) is 1. The van der Waals surface area contributed by atoms with Gasteiger partial charge in [-0.1, -0.05) is 13.3 Å². The van der Waals surface area contributed by atoms with Crippen molar-refractivity contribution in [3.05, 3.63) is 47.4 Å². The fourth-order valence-corrected chi connectivity index (χ4v) is 8.23. The smallest absolute Gasteiger partial charge is 0.187 e. The van der Waals surface area contributed by atoms with E-state index < -0.39 is 21.4 Å². The molecule has 2 aromatic heterocycles. The second kappa shape index (κ2) is 8.43. The lowest BCUT2D eigenvalue weighted by Gasteiger charge is -2.34. The molecule has 2 aromatic rings. The van der Waals surface area contributed by atoms with Crippen molar-refractivity contribution >= 4 is 21.4 Å². The van der Waals surface area contributed by atoms with Gasteiger partial charge in [0.1, 0.15) is 11.6 Å². The Hall–Kier alpha value is -2.28. The maximum absolute atomic E-state index is 13.5. The third kappa shape index (κ3) is 4.16. The number of hydrogen-bond donors (Lipinski definition) is 0. The van der Waals surface area contributed by atoms with E-state index in [1.165, 1.54) is 31.7 Å². The van der Waals surface area contributed by atoms with Crippen LogP contribution in [0.15, 0.2) is 35.4 Å². The molecule has 0 spiro atoms. The molecule has 3 heterocycles. The quantitative estimate of drug-likeness (QED) is 0.542. The predicted octanol–water partition coefficient (Wildman–Crippen LogP) is 4.97. The van der Waals surface area contributed by atoms with Crippen LogP contribution in [0.25, 0.3) is 0 Å². The molecule has 1 aliphatic heterocycles. The standard InChI is InChI=1S/C27H35N3O3S/c1-17-14-27(3,4)30(15-17)26-21(9-10-23(29-26)22-13-19-7-8-20(22)12-19)24(31)16-34(32,33)25-6-5-11-28-18(25)2/h5-6,9-11,17,19-20,22H,7-8,12-16H2,1-4H3/t17-,19?,20?,22?/m0/s1. The summed E-state index contributed by atoms with van der Waals surface area (Å²) in [6.07, 6.45) is 7.63. The normalized spacial score (nSPS) is 27.9. The zero-order chi connectivity index (χ0) is 24.3. The maximum Gasteiger partial charge on any atom is 0.187 e. The van der Waals surface area contributed by atoms with Crippen LogP contribution in [0.5, 0.6) is 0 Å². The molecule has 5 rings (SSSR count). The van der Waals surface area contributed by atoms with Crippen molar-refractivity contribution in [1.82, 2.24) is 9.97 Å². The summed E-state index contributed by atoms with van der Waals surface area (Å²) >= 11 is 0. The van der Waals surface area contributed by atoms with Crippen LogP contribution >= 0.6 is 0 Å². The van der Waals surface area contributed by atoms with E-state index >= 15 is 0 Å². The van der Waals surface area contributed by atoms with Gasteiger partial charge in [0.15, 0.2) is 15.6 Å². The molecular formula is C27H35N3O3S. The minimum absolute atomic E-state index is 0.117. The van der Waals surface area contributed by atoms with Crippen LogP contribution in [-0.2, 0) is 9.84 Å². The molecule has 0 amide bonds. The van der Waals surface area contributed by atoms with Crippen LogP contribution in [-0.4, -0.2) is 42.0 Å². The van der Waals surface area contributed by atoms with Crippen LogP contribution in [0.1, 0.15) is 80.5 Å². The summed E-state index contributed by atoms with van der Waals surface area (Å²) in [7, 11) is -3.81. The van der Waals surface area contributed by atoms with E-state index in [4.69, 9.17) is 4.98 Å². The zero-order valence-corrected chi connectivity index (χ0v) is 21.4. The van der Waals surface area contributed by atoms with Gasteiger partial charge >= 0.3 is 0 Å². The first-order valence-electron chi connectivity index (χ1n) is 12.5. The Balaban J connectivity index is 1.52. The van der Waals surface area contributed by atoms with E-state index in [9.17, 15) is 13.2 Å². The van der Waals surface area contributed by atoms with Gasteiger partial charge in [0, 0.05) is 29.9 Å². The van der Waals surface area contributed by atoms with Crippen molar-refractivity contribution in [2.24, 2.45) is 17.8 Å². The van der Waals surface area contributed by atoms with E-state index in [0.717, 1.165) is 24.6 Å². The van der Waals surface area contributed by atoms with Gasteiger partial charge in [-0.05, 0) is 88.5 Å². The van der Waals surface area contributed by atoms with Gasteiger partial charge in [-0.3, -0.25) is 9.78 Å². The minimum Gasteiger partial charge on any atom is -0.351 e.